The van der Waals surface area contributed by atoms with Crippen LogP contribution < -0.4 is 10.1 Å². The van der Waals surface area contributed by atoms with Crippen LogP contribution in [0, 0.1) is 0 Å². The molecule has 3 nitrogen and oxygen atoms in total. The van der Waals surface area contributed by atoms with Crippen LogP contribution in [0.25, 0.3) is 0 Å². The summed E-state index contributed by atoms with van der Waals surface area (Å²) in [5.74, 6) is 0.661. The van der Waals surface area contributed by atoms with E-state index in [1.54, 1.807) is 0 Å². The second-order valence-corrected chi connectivity index (χ2v) is 6.80. The van der Waals surface area contributed by atoms with Gasteiger partial charge in [0.1, 0.15) is 12.4 Å². The molecular formula is C20H25NO2. The Kier molecular flexibility index (Phi) is 5.43. The molecule has 2 aromatic rings. The van der Waals surface area contributed by atoms with E-state index in [9.17, 15) is 4.79 Å². The number of rotatable bonds is 5. The quantitative estimate of drug-likeness (QED) is 0.895. The van der Waals surface area contributed by atoms with Crippen molar-refractivity contribution in [3.05, 3.63) is 65.7 Å². The molecule has 1 unspecified atom stereocenters. The van der Waals surface area contributed by atoms with Crippen molar-refractivity contribution in [3.8, 4) is 5.75 Å². The van der Waals surface area contributed by atoms with E-state index in [1.165, 1.54) is 0 Å². The van der Waals surface area contributed by atoms with Crippen LogP contribution in [0.4, 0.5) is 0 Å². The molecule has 0 aliphatic rings. The number of hydrogen-bond acceptors (Lipinski definition) is 2. The fourth-order valence-corrected chi connectivity index (χ4v) is 2.22. The number of carbonyl (C=O) groups is 1. The monoisotopic (exact) mass is 311 g/mol. The Morgan fingerprint density at radius 1 is 1.04 bits per heavy atom. The van der Waals surface area contributed by atoms with Gasteiger partial charge in [-0.2, -0.15) is 0 Å². The summed E-state index contributed by atoms with van der Waals surface area (Å²) in [5.41, 5.74) is 1.90. The van der Waals surface area contributed by atoms with Gasteiger partial charge in [0, 0.05) is 5.54 Å². The molecule has 0 aliphatic carbocycles. The lowest BCUT2D eigenvalue weighted by Crippen LogP contribution is -2.42. The van der Waals surface area contributed by atoms with Gasteiger partial charge in [0.2, 0.25) is 5.91 Å². The van der Waals surface area contributed by atoms with E-state index in [0.29, 0.717) is 6.61 Å². The van der Waals surface area contributed by atoms with Crippen molar-refractivity contribution in [2.24, 2.45) is 0 Å². The Morgan fingerprint density at radius 3 is 2.22 bits per heavy atom. The highest BCUT2D eigenvalue weighted by Gasteiger charge is 2.20. The lowest BCUT2D eigenvalue weighted by Gasteiger charge is -2.23. The number of benzene rings is 2. The zero-order chi connectivity index (χ0) is 16.9. The van der Waals surface area contributed by atoms with Gasteiger partial charge in [0.25, 0.3) is 0 Å². The lowest BCUT2D eigenvalue weighted by atomic mass is 9.98. The molecule has 1 amide bonds. The number of amides is 1. The van der Waals surface area contributed by atoms with Crippen LogP contribution in [-0.2, 0) is 11.4 Å². The first-order valence-corrected chi connectivity index (χ1v) is 7.94. The van der Waals surface area contributed by atoms with Crippen LogP contribution >= 0.6 is 0 Å². The van der Waals surface area contributed by atoms with Crippen molar-refractivity contribution in [1.82, 2.24) is 5.32 Å². The summed E-state index contributed by atoms with van der Waals surface area (Å²) in [4.78, 5) is 12.2. The van der Waals surface area contributed by atoms with Gasteiger partial charge in [-0.15, -0.1) is 0 Å². The summed E-state index contributed by atoms with van der Waals surface area (Å²) >= 11 is 0. The first kappa shape index (κ1) is 17.1. The summed E-state index contributed by atoms with van der Waals surface area (Å²) in [7, 11) is 0. The molecule has 0 bridgehead atoms. The zero-order valence-electron chi connectivity index (χ0n) is 14.3. The second-order valence-electron chi connectivity index (χ2n) is 6.80. The van der Waals surface area contributed by atoms with Crippen LogP contribution in [-0.4, -0.2) is 11.4 Å². The topological polar surface area (TPSA) is 38.3 Å². The Labute approximate surface area is 138 Å². The molecule has 0 aromatic heterocycles. The average Bonchev–Trinajstić information content (AvgIpc) is 2.52. The molecule has 0 saturated heterocycles. The van der Waals surface area contributed by atoms with E-state index in [4.69, 9.17) is 4.74 Å². The highest BCUT2D eigenvalue weighted by molar-refractivity contribution is 5.83. The van der Waals surface area contributed by atoms with E-state index in [0.717, 1.165) is 16.9 Å². The predicted octanol–water partition coefficient (Wildman–Crippen LogP) is 4.28. The van der Waals surface area contributed by atoms with Gasteiger partial charge in [-0.25, -0.2) is 0 Å². The highest BCUT2D eigenvalue weighted by Crippen LogP contribution is 2.21. The zero-order valence-corrected chi connectivity index (χ0v) is 14.3. The lowest BCUT2D eigenvalue weighted by molar-refractivity contribution is -0.123. The molecule has 2 rings (SSSR count). The van der Waals surface area contributed by atoms with Gasteiger partial charge in [-0.1, -0.05) is 42.5 Å². The van der Waals surface area contributed by atoms with Gasteiger partial charge in [-0.05, 0) is 51.0 Å². The average molecular weight is 311 g/mol. The van der Waals surface area contributed by atoms with E-state index in [-0.39, 0.29) is 17.4 Å². The molecule has 0 fully saturated rings. The third-order valence-corrected chi connectivity index (χ3v) is 3.52. The molecule has 0 radical (unpaired) electrons. The maximum absolute atomic E-state index is 12.2. The number of carbonyl (C=O) groups excluding carboxylic acids is 1. The summed E-state index contributed by atoms with van der Waals surface area (Å²) in [6.07, 6.45) is 0. The third-order valence-electron chi connectivity index (χ3n) is 3.52. The van der Waals surface area contributed by atoms with Gasteiger partial charge in [0.05, 0.1) is 5.92 Å². The fraction of sp³-hybridized carbons (Fsp3) is 0.350. The largest absolute Gasteiger partial charge is 0.489 e. The van der Waals surface area contributed by atoms with Crippen LogP contribution in [0.5, 0.6) is 5.75 Å². The Morgan fingerprint density at radius 2 is 1.65 bits per heavy atom. The van der Waals surface area contributed by atoms with Gasteiger partial charge >= 0.3 is 0 Å². The maximum atomic E-state index is 12.2. The third kappa shape index (κ3) is 5.44. The van der Waals surface area contributed by atoms with E-state index in [2.05, 4.69) is 5.32 Å². The molecular weight excluding hydrogens is 286 g/mol. The van der Waals surface area contributed by atoms with Crippen molar-refractivity contribution in [3.63, 3.8) is 0 Å². The molecule has 23 heavy (non-hydrogen) atoms. The van der Waals surface area contributed by atoms with Crippen molar-refractivity contribution in [2.45, 2.75) is 45.8 Å². The molecule has 0 heterocycles. The number of ether oxygens (including phenoxy) is 1. The summed E-state index contributed by atoms with van der Waals surface area (Å²) in [6, 6.07) is 17.8. The molecule has 122 valence electrons. The second kappa shape index (κ2) is 7.32. The first-order chi connectivity index (χ1) is 10.8. The fourth-order valence-electron chi connectivity index (χ4n) is 2.22. The predicted molar refractivity (Wildman–Crippen MR) is 93.5 cm³/mol. The molecule has 1 N–H and O–H groups in total. The minimum atomic E-state index is -0.218. The molecule has 3 heteroatoms. The molecule has 2 aromatic carbocycles. The molecule has 0 aliphatic heterocycles. The minimum absolute atomic E-state index is 0.0375. The normalized spacial score (nSPS) is 12.5. The highest BCUT2D eigenvalue weighted by atomic mass is 16.5. The Balaban J connectivity index is 1.95. The maximum Gasteiger partial charge on any atom is 0.227 e. The van der Waals surface area contributed by atoms with Crippen LogP contribution in [0.1, 0.15) is 44.7 Å². The smallest absolute Gasteiger partial charge is 0.227 e. The van der Waals surface area contributed by atoms with Crippen LogP contribution in [0.2, 0.25) is 0 Å². The van der Waals surface area contributed by atoms with Crippen LogP contribution in [0.3, 0.4) is 0 Å². The Bertz CT molecular complexity index is 627. The van der Waals surface area contributed by atoms with Crippen molar-refractivity contribution in [2.75, 3.05) is 0 Å². The summed E-state index contributed by atoms with van der Waals surface area (Å²) < 4.78 is 5.77. The van der Waals surface area contributed by atoms with Gasteiger partial charge in [-0.3, -0.25) is 4.79 Å². The van der Waals surface area contributed by atoms with Crippen molar-refractivity contribution >= 4 is 5.91 Å². The minimum Gasteiger partial charge on any atom is -0.489 e. The van der Waals surface area contributed by atoms with E-state index >= 15 is 0 Å². The van der Waals surface area contributed by atoms with Crippen molar-refractivity contribution in [1.29, 1.82) is 0 Å². The van der Waals surface area contributed by atoms with E-state index in [1.807, 2.05) is 82.3 Å². The summed E-state index contributed by atoms with van der Waals surface area (Å²) in [6.45, 7) is 8.41. The molecule has 0 saturated carbocycles. The number of nitrogens with one attached hydrogen (secondary N) is 1. The number of hydrogen-bond donors (Lipinski definition) is 1. The summed E-state index contributed by atoms with van der Waals surface area (Å²) in [5, 5.41) is 3.01. The van der Waals surface area contributed by atoms with E-state index < -0.39 is 0 Å². The first-order valence-electron chi connectivity index (χ1n) is 7.94. The molecule has 1 atom stereocenters. The van der Waals surface area contributed by atoms with Gasteiger partial charge < -0.3 is 10.1 Å². The Hall–Kier alpha value is -2.29. The standard InChI is InChI=1S/C20H25NO2/c1-15(19(22)21-20(2,3)4)17-10-12-18(13-11-17)23-14-16-8-6-5-7-9-16/h5-13,15H,14H2,1-4H3,(H,21,22). The SMILES string of the molecule is CC(C(=O)NC(C)(C)C)c1ccc(OCc2ccccc2)cc1. The molecule has 0 spiro atoms. The van der Waals surface area contributed by atoms with Crippen molar-refractivity contribution < 1.29 is 9.53 Å². The van der Waals surface area contributed by atoms with Crippen LogP contribution in [0.15, 0.2) is 54.6 Å². The van der Waals surface area contributed by atoms with Gasteiger partial charge in [0.15, 0.2) is 0 Å².